The van der Waals surface area contributed by atoms with Crippen molar-refractivity contribution in [3.63, 3.8) is 0 Å². The van der Waals surface area contributed by atoms with Gasteiger partial charge in [0.15, 0.2) is 0 Å². The molecule has 0 heterocycles. The van der Waals surface area contributed by atoms with Crippen molar-refractivity contribution in [3.05, 3.63) is 0 Å². The fourth-order valence-corrected chi connectivity index (χ4v) is 2.90. The minimum absolute atomic E-state index is 0.702. The molecule has 84 valence electrons. The summed E-state index contributed by atoms with van der Waals surface area (Å²) in [4.78, 5) is 0. The Labute approximate surface area is 93.4 Å². The van der Waals surface area contributed by atoms with Gasteiger partial charge in [0.05, 0.1) is 0 Å². The molecular formula is C12H25NS. The second-order valence-electron chi connectivity index (χ2n) is 4.72. The Morgan fingerprint density at radius 2 is 2.07 bits per heavy atom. The van der Waals surface area contributed by atoms with Crippen LogP contribution in [0.2, 0.25) is 0 Å². The first kappa shape index (κ1) is 12.4. The quantitative estimate of drug-likeness (QED) is 0.755. The van der Waals surface area contributed by atoms with Crippen molar-refractivity contribution in [2.24, 2.45) is 5.92 Å². The Morgan fingerprint density at radius 1 is 1.36 bits per heavy atom. The van der Waals surface area contributed by atoms with Crippen molar-refractivity contribution in [2.45, 2.75) is 58.0 Å². The fraction of sp³-hybridized carbons (Fsp3) is 1.00. The van der Waals surface area contributed by atoms with Crippen LogP contribution < -0.4 is 5.32 Å². The van der Waals surface area contributed by atoms with E-state index in [4.69, 9.17) is 0 Å². The van der Waals surface area contributed by atoms with E-state index in [0.717, 1.165) is 12.0 Å². The van der Waals surface area contributed by atoms with Crippen molar-refractivity contribution >= 4 is 11.8 Å². The van der Waals surface area contributed by atoms with Gasteiger partial charge in [-0.3, -0.25) is 0 Å². The highest BCUT2D eigenvalue weighted by Gasteiger charge is 2.21. The summed E-state index contributed by atoms with van der Waals surface area (Å²) in [6.07, 6.45) is 9.19. The number of hydrogen-bond donors (Lipinski definition) is 1. The summed E-state index contributed by atoms with van der Waals surface area (Å²) in [5.41, 5.74) is 0. The van der Waals surface area contributed by atoms with Crippen LogP contribution in [0.25, 0.3) is 0 Å². The highest BCUT2D eigenvalue weighted by Crippen LogP contribution is 2.24. The van der Waals surface area contributed by atoms with E-state index in [1.54, 1.807) is 0 Å². The van der Waals surface area contributed by atoms with Crippen molar-refractivity contribution in [1.29, 1.82) is 0 Å². The molecule has 0 radical (unpaired) electrons. The standard InChI is InChI=1S/C12H25NS/c1-10-6-4-5-7-12(10)13-11(2)8-9-14-3/h10-13H,4-9H2,1-3H3. The van der Waals surface area contributed by atoms with Gasteiger partial charge in [0.1, 0.15) is 0 Å². The summed E-state index contributed by atoms with van der Waals surface area (Å²) < 4.78 is 0. The lowest BCUT2D eigenvalue weighted by Gasteiger charge is -2.32. The minimum atomic E-state index is 0.702. The molecule has 1 aliphatic rings. The Morgan fingerprint density at radius 3 is 2.71 bits per heavy atom. The molecule has 0 bridgehead atoms. The van der Waals surface area contributed by atoms with Gasteiger partial charge in [-0.05, 0) is 44.1 Å². The van der Waals surface area contributed by atoms with Gasteiger partial charge < -0.3 is 5.32 Å². The lowest BCUT2D eigenvalue weighted by Crippen LogP contribution is -2.42. The van der Waals surface area contributed by atoms with E-state index in [1.165, 1.54) is 37.9 Å². The van der Waals surface area contributed by atoms with Gasteiger partial charge in [0.2, 0.25) is 0 Å². The molecule has 3 unspecified atom stereocenters. The third-order valence-corrected chi connectivity index (χ3v) is 4.01. The molecule has 0 spiro atoms. The molecule has 1 fully saturated rings. The lowest BCUT2D eigenvalue weighted by atomic mass is 9.85. The minimum Gasteiger partial charge on any atom is -0.311 e. The summed E-state index contributed by atoms with van der Waals surface area (Å²) in [6.45, 7) is 4.73. The van der Waals surface area contributed by atoms with E-state index in [2.05, 4.69) is 25.4 Å². The summed E-state index contributed by atoms with van der Waals surface area (Å²) in [7, 11) is 0. The maximum absolute atomic E-state index is 3.79. The third-order valence-electron chi connectivity index (χ3n) is 3.37. The maximum Gasteiger partial charge on any atom is 0.00951 e. The predicted octanol–water partition coefficient (Wildman–Crippen LogP) is 3.30. The number of rotatable bonds is 5. The maximum atomic E-state index is 3.79. The zero-order valence-electron chi connectivity index (χ0n) is 9.88. The van der Waals surface area contributed by atoms with E-state index >= 15 is 0 Å². The average molecular weight is 215 g/mol. The SMILES string of the molecule is CSCCC(C)NC1CCCCC1C. The van der Waals surface area contributed by atoms with Crippen LogP contribution in [0.4, 0.5) is 0 Å². The first-order chi connectivity index (χ1) is 6.74. The van der Waals surface area contributed by atoms with Gasteiger partial charge in [-0.15, -0.1) is 0 Å². The van der Waals surface area contributed by atoms with Gasteiger partial charge >= 0.3 is 0 Å². The van der Waals surface area contributed by atoms with Gasteiger partial charge in [-0.25, -0.2) is 0 Å². The monoisotopic (exact) mass is 215 g/mol. The van der Waals surface area contributed by atoms with E-state index < -0.39 is 0 Å². The van der Waals surface area contributed by atoms with Crippen LogP contribution in [-0.4, -0.2) is 24.1 Å². The molecule has 0 aliphatic heterocycles. The molecule has 1 aliphatic carbocycles. The molecule has 1 rings (SSSR count). The fourth-order valence-electron chi connectivity index (χ4n) is 2.31. The first-order valence-electron chi connectivity index (χ1n) is 5.99. The summed E-state index contributed by atoms with van der Waals surface area (Å²) in [6, 6.07) is 1.49. The molecule has 0 amide bonds. The van der Waals surface area contributed by atoms with Crippen LogP contribution in [-0.2, 0) is 0 Å². The molecule has 1 saturated carbocycles. The van der Waals surface area contributed by atoms with E-state index in [1.807, 2.05) is 11.8 Å². The van der Waals surface area contributed by atoms with Gasteiger partial charge in [-0.2, -0.15) is 11.8 Å². The highest BCUT2D eigenvalue weighted by atomic mass is 32.2. The number of thioether (sulfide) groups is 1. The molecule has 0 aromatic rings. The molecule has 1 N–H and O–H groups in total. The molecule has 1 nitrogen and oxygen atoms in total. The zero-order valence-corrected chi connectivity index (χ0v) is 10.7. The Kier molecular flexibility index (Phi) is 5.95. The lowest BCUT2D eigenvalue weighted by molar-refractivity contribution is 0.261. The summed E-state index contributed by atoms with van der Waals surface area (Å²) in [5.74, 6) is 2.18. The summed E-state index contributed by atoms with van der Waals surface area (Å²) in [5, 5.41) is 3.79. The zero-order chi connectivity index (χ0) is 10.4. The Bertz CT molecular complexity index is 149. The normalized spacial score (nSPS) is 30.2. The second kappa shape index (κ2) is 6.73. The molecule has 0 saturated heterocycles. The highest BCUT2D eigenvalue weighted by molar-refractivity contribution is 7.98. The van der Waals surface area contributed by atoms with Crippen molar-refractivity contribution in [2.75, 3.05) is 12.0 Å². The van der Waals surface area contributed by atoms with Gasteiger partial charge in [-0.1, -0.05) is 19.8 Å². The second-order valence-corrected chi connectivity index (χ2v) is 5.70. The van der Waals surface area contributed by atoms with Crippen molar-refractivity contribution in [3.8, 4) is 0 Å². The topological polar surface area (TPSA) is 12.0 Å². The van der Waals surface area contributed by atoms with Crippen LogP contribution in [0.1, 0.15) is 46.0 Å². The van der Waals surface area contributed by atoms with Crippen molar-refractivity contribution in [1.82, 2.24) is 5.32 Å². The average Bonchev–Trinajstić information content (AvgIpc) is 2.18. The van der Waals surface area contributed by atoms with Crippen LogP contribution in [0.3, 0.4) is 0 Å². The predicted molar refractivity (Wildman–Crippen MR) is 67.0 cm³/mol. The van der Waals surface area contributed by atoms with Crippen molar-refractivity contribution < 1.29 is 0 Å². The summed E-state index contributed by atoms with van der Waals surface area (Å²) >= 11 is 1.95. The first-order valence-corrected chi connectivity index (χ1v) is 7.38. The molecule has 0 aromatic carbocycles. The molecular weight excluding hydrogens is 190 g/mol. The molecule has 3 atom stereocenters. The Hall–Kier alpha value is 0.310. The molecule has 2 heteroatoms. The molecule has 0 aromatic heterocycles. The van der Waals surface area contributed by atoms with Crippen LogP contribution >= 0.6 is 11.8 Å². The van der Waals surface area contributed by atoms with E-state index in [9.17, 15) is 0 Å². The van der Waals surface area contributed by atoms with Crippen LogP contribution in [0, 0.1) is 5.92 Å². The third kappa shape index (κ3) is 4.22. The largest absolute Gasteiger partial charge is 0.311 e. The van der Waals surface area contributed by atoms with Gasteiger partial charge in [0, 0.05) is 12.1 Å². The molecule has 14 heavy (non-hydrogen) atoms. The van der Waals surface area contributed by atoms with Gasteiger partial charge in [0.25, 0.3) is 0 Å². The number of nitrogens with one attached hydrogen (secondary N) is 1. The van der Waals surface area contributed by atoms with Crippen LogP contribution in [0.15, 0.2) is 0 Å². The Balaban J connectivity index is 2.20. The van der Waals surface area contributed by atoms with E-state index in [0.29, 0.717) is 6.04 Å². The van der Waals surface area contributed by atoms with E-state index in [-0.39, 0.29) is 0 Å². The van der Waals surface area contributed by atoms with Crippen LogP contribution in [0.5, 0.6) is 0 Å². The number of hydrogen-bond acceptors (Lipinski definition) is 2. The smallest absolute Gasteiger partial charge is 0.00951 e.